The average molecular weight is 414 g/mol. The monoisotopic (exact) mass is 413 g/mol. The Morgan fingerprint density at radius 1 is 1.41 bits per heavy atom. The molecule has 0 saturated carbocycles. The van der Waals surface area contributed by atoms with E-state index in [2.05, 4.69) is 11.9 Å². The highest BCUT2D eigenvalue weighted by molar-refractivity contribution is 7.18. The molecule has 0 bridgehead atoms. The average Bonchev–Trinajstić information content (AvgIpc) is 3.35. The van der Waals surface area contributed by atoms with Gasteiger partial charge in [-0.3, -0.25) is 9.59 Å². The van der Waals surface area contributed by atoms with E-state index in [1.54, 1.807) is 23.5 Å². The van der Waals surface area contributed by atoms with Crippen LogP contribution in [0.15, 0.2) is 27.6 Å². The van der Waals surface area contributed by atoms with Crippen molar-refractivity contribution in [3.8, 4) is 0 Å². The van der Waals surface area contributed by atoms with Crippen molar-refractivity contribution in [2.75, 3.05) is 26.2 Å². The molecule has 2 N–H and O–H groups in total. The van der Waals surface area contributed by atoms with Crippen LogP contribution in [0.4, 0.5) is 0 Å². The minimum Gasteiger partial charge on any atom is -0.459 e. The molecule has 3 aromatic rings. The molecule has 0 spiro atoms. The van der Waals surface area contributed by atoms with Crippen LogP contribution in [0.25, 0.3) is 10.2 Å². The Morgan fingerprint density at radius 2 is 2.24 bits per heavy atom. The Balaban J connectivity index is 1.29. The van der Waals surface area contributed by atoms with Gasteiger partial charge in [-0.2, -0.15) is 0 Å². The summed E-state index contributed by atoms with van der Waals surface area (Å²) in [4.78, 5) is 38.4. The van der Waals surface area contributed by atoms with Crippen molar-refractivity contribution in [3.05, 3.63) is 50.8 Å². The molecule has 0 aromatic carbocycles. The first-order chi connectivity index (χ1) is 14.1. The molecular weight excluding hydrogens is 388 g/mol. The van der Waals surface area contributed by atoms with Crippen LogP contribution in [-0.4, -0.2) is 47.0 Å². The zero-order chi connectivity index (χ0) is 20.0. The first-order valence-electron chi connectivity index (χ1n) is 10.3. The summed E-state index contributed by atoms with van der Waals surface area (Å²) >= 11 is 1.69. The fourth-order valence-electron chi connectivity index (χ4n) is 4.47. The number of amides is 1. The number of aryl methyl sites for hydroxylation is 1. The molecule has 152 valence electrons. The molecule has 1 aliphatic heterocycles. The maximum Gasteiger partial charge on any atom is 0.289 e. The van der Waals surface area contributed by atoms with E-state index in [1.807, 2.05) is 4.90 Å². The fraction of sp³-hybridized carbons (Fsp3) is 0.476. The molecular formula is C21H25N4O3S+. The number of hydrogen-bond acceptors (Lipinski definition) is 5. The Kier molecular flexibility index (Phi) is 4.75. The Bertz CT molecular complexity index is 1090. The lowest BCUT2D eigenvalue weighted by Crippen LogP contribution is -3.13. The van der Waals surface area contributed by atoms with E-state index in [-0.39, 0.29) is 11.5 Å². The second-order valence-electron chi connectivity index (χ2n) is 8.24. The first-order valence-corrected chi connectivity index (χ1v) is 11.1. The Labute approximate surface area is 172 Å². The van der Waals surface area contributed by atoms with Crippen LogP contribution in [0.3, 0.4) is 0 Å². The topological polar surface area (TPSA) is 83.6 Å². The molecule has 1 atom stereocenters. The number of hydrogen-bond donors (Lipinski definition) is 2. The van der Waals surface area contributed by atoms with Crippen LogP contribution in [-0.2, 0) is 19.4 Å². The van der Waals surface area contributed by atoms with E-state index >= 15 is 0 Å². The van der Waals surface area contributed by atoms with Crippen LogP contribution in [0.1, 0.15) is 40.2 Å². The van der Waals surface area contributed by atoms with E-state index < -0.39 is 0 Å². The third-order valence-corrected chi connectivity index (χ3v) is 7.27. The molecule has 4 heterocycles. The highest BCUT2D eigenvalue weighted by Gasteiger charge is 2.27. The number of quaternary nitrogens is 1. The summed E-state index contributed by atoms with van der Waals surface area (Å²) < 4.78 is 5.22. The highest BCUT2D eigenvalue weighted by atomic mass is 32.1. The van der Waals surface area contributed by atoms with Crippen LogP contribution in [0.5, 0.6) is 0 Å². The van der Waals surface area contributed by atoms with E-state index in [1.165, 1.54) is 21.6 Å². The largest absolute Gasteiger partial charge is 0.459 e. The third kappa shape index (κ3) is 3.51. The van der Waals surface area contributed by atoms with Gasteiger partial charge in [-0.05, 0) is 42.9 Å². The smallest absolute Gasteiger partial charge is 0.289 e. The molecule has 1 aliphatic carbocycles. The van der Waals surface area contributed by atoms with Gasteiger partial charge in [-0.15, -0.1) is 11.3 Å². The molecule has 2 aliphatic rings. The summed E-state index contributed by atoms with van der Waals surface area (Å²) in [7, 11) is 0. The van der Waals surface area contributed by atoms with Crippen LogP contribution < -0.4 is 10.5 Å². The van der Waals surface area contributed by atoms with Crippen molar-refractivity contribution >= 4 is 27.5 Å². The normalized spacial score (nSPS) is 20.2. The van der Waals surface area contributed by atoms with Gasteiger partial charge in [-0.1, -0.05) is 6.92 Å². The van der Waals surface area contributed by atoms with E-state index in [0.717, 1.165) is 48.4 Å². The standard InChI is InChI=1S/C21H24N4O3S/c1-13-4-5-14-16(11-13)29-20-18(14)19(26)22-17(23-20)12-24-6-8-25(9-7-24)21(27)15-3-2-10-28-15/h2-3,10,13H,4-9,11-12H2,1H3,(H,22,23,26)/p+1/t13-/m0/s1. The minimum atomic E-state index is -0.0552. The lowest BCUT2D eigenvalue weighted by Gasteiger charge is -2.31. The number of carbonyl (C=O) groups excluding carboxylic acids is 1. The van der Waals surface area contributed by atoms with Gasteiger partial charge in [0.05, 0.1) is 37.8 Å². The third-order valence-electron chi connectivity index (χ3n) is 6.12. The highest BCUT2D eigenvalue weighted by Crippen LogP contribution is 2.35. The van der Waals surface area contributed by atoms with Crippen molar-refractivity contribution in [3.63, 3.8) is 0 Å². The summed E-state index contributed by atoms with van der Waals surface area (Å²) in [6, 6.07) is 3.43. The number of H-pyrrole nitrogens is 1. The molecule has 8 heteroatoms. The van der Waals surface area contributed by atoms with Crippen molar-refractivity contribution in [1.82, 2.24) is 14.9 Å². The Morgan fingerprint density at radius 3 is 3.00 bits per heavy atom. The molecule has 0 unspecified atom stereocenters. The molecule has 1 amide bonds. The van der Waals surface area contributed by atoms with Gasteiger partial charge in [0.25, 0.3) is 11.5 Å². The number of piperazine rings is 1. The number of aromatic amines is 1. The molecule has 5 rings (SSSR count). The van der Waals surface area contributed by atoms with Crippen LogP contribution in [0, 0.1) is 5.92 Å². The van der Waals surface area contributed by atoms with Gasteiger partial charge >= 0.3 is 0 Å². The lowest BCUT2D eigenvalue weighted by atomic mass is 9.89. The second-order valence-corrected chi connectivity index (χ2v) is 9.32. The van der Waals surface area contributed by atoms with Gasteiger partial charge in [0.15, 0.2) is 11.6 Å². The predicted molar refractivity (Wildman–Crippen MR) is 110 cm³/mol. The zero-order valence-corrected chi connectivity index (χ0v) is 17.3. The number of rotatable bonds is 3. The second kappa shape index (κ2) is 7.42. The molecule has 1 fully saturated rings. The number of aromatic nitrogens is 2. The maximum absolute atomic E-state index is 12.8. The number of furan rings is 1. The van der Waals surface area contributed by atoms with E-state index in [0.29, 0.717) is 31.3 Å². The maximum atomic E-state index is 12.8. The quantitative estimate of drug-likeness (QED) is 0.677. The molecule has 1 saturated heterocycles. The summed E-state index contributed by atoms with van der Waals surface area (Å²) in [6.45, 7) is 5.95. The fourth-order valence-corrected chi connectivity index (χ4v) is 5.88. The number of fused-ring (bicyclic) bond motifs is 3. The van der Waals surface area contributed by atoms with Gasteiger partial charge in [0.1, 0.15) is 11.4 Å². The van der Waals surface area contributed by atoms with Crippen molar-refractivity contribution in [2.24, 2.45) is 5.92 Å². The number of nitrogens with one attached hydrogen (secondary N) is 2. The molecule has 7 nitrogen and oxygen atoms in total. The number of nitrogens with zero attached hydrogens (tertiary/aromatic N) is 2. The summed E-state index contributed by atoms with van der Waals surface area (Å²) in [5, 5.41) is 0.810. The zero-order valence-electron chi connectivity index (χ0n) is 16.5. The lowest BCUT2D eigenvalue weighted by molar-refractivity contribution is -0.918. The SMILES string of the molecule is C[C@H]1CCc2c(sc3nc(C[NH+]4CCN(C(=O)c5ccco5)CC4)[nH]c(=O)c23)C1. The minimum absolute atomic E-state index is 0.00286. The van der Waals surface area contributed by atoms with Crippen molar-refractivity contribution < 1.29 is 14.1 Å². The van der Waals surface area contributed by atoms with Gasteiger partial charge in [0, 0.05) is 4.88 Å². The van der Waals surface area contributed by atoms with Gasteiger partial charge in [0.2, 0.25) is 0 Å². The van der Waals surface area contributed by atoms with Gasteiger partial charge in [-0.25, -0.2) is 4.98 Å². The summed E-state index contributed by atoms with van der Waals surface area (Å²) in [5.41, 5.74) is 1.23. The molecule has 3 aromatic heterocycles. The van der Waals surface area contributed by atoms with E-state index in [9.17, 15) is 9.59 Å². The van der Waals surface area contributed by atoms with E-state index in [4.69, 9.17) is 9.40 Å². The molecule has 0 radical (unpaired) electrons. The van der Waals surface area contributed by atoms with Crippen molar-refractivity contribution in [2.45, 2.75) is 32.7 Å². The Hall–Kier alpha value is -2.45. The predicted octanol–water partition coefficient (Wildman–Crippen LogP) is 1.24. The van der Waals surface area contributed by atoms with Crippen LogP contribution >= 0.6 is 11.3 Å². The molecule has 29 heavy (non-hydrogen) atoms. The number of carbonyl (C=O) groups is 1. The summed E-state index contributed by atoms with van der Waals surface area (Å²) in [5.74, 6) is 1.76. The van der Waals surface area contributed by atoms with Gasteiger partial charge < -0.3 is 19.2 Å². The first kappa shape index (κ1) is 18.6. The van der Waals surface area contributed by atoms with Crippen molar-refractivity contribution in [1.29, 1.82) is 0 Å². The van der Waals surface area contributed by atoms with Crippen LogP contribution in [0.2, 0.25) is 0 Å². The number of thiophene rings is 1. The summed E-state index contributed by atoms with van der Waals surface area (Å²) in [6.07, 6.45) is 4.71.